The first kappa shape index (κ1) is 12.9. The molecular formula is C9H7N5O5. The fourth-order valence-corrected chi connectivity index (χ4v) is 1.07. The van der Waals surface area contributed by atoms with Crippen molar-refractivity contribution in [2.75, 3.05) is 0 Å². The minimum atomic E-state index is -1.12. The van der Waals surface area contributed by atoms with Gasteiger partial charge in [-0.1, -0.05) is 18.2 Å². The van der Waals surface area contributed by atoms with E-state index < -0.39 is 17.7 Å². The highest BCUT2D eigenvalue weighted by Crippen LogP contribution is 2.04. The lowest BCUT2D eigenvalue weighted by molar-refractivity contribution is -0.391. The molecule has 0 unspecified atom stereocenters. The van der Waals surface area contributed by atoms with Crippen LogP contribution < -0.4 is 22.0 Å². The summed E-state index contributed by atoms with van der Waals surface area (Å²) >= 11 is 0. The molecule has 0 atom stereocenters. The van der Waals surface area contributed by atoms with Gasteiger partial charge in [-0.25, -0.2) is 10.9 Å². The van der Waals surface area contributed by atoms with Crippen molar-refractivity contribution in [2.24, 2.45) is 0 Å². The molecule has 10 heteroatoms. The van der Waals surface area contributed by atoms with Gasteiger partial charge >= 0.3 is 17.7 Å². The van der Waals surface area contributed by atoms with Gasteiger partial charge in [0.25, 0.3) is 0 Å². The number of amides is 3. The van der Waals surface area contributed by atoms with Crippen molar-refractivity contribution in [3.05, 3.63) is 35.9 Å². The summed E-state index contributed by atoms with van der Waals surface area (Å²) in [4.78, 5) is 42.7. The fraction of sp³-hybridized carbons (Fsp3) is 0. The van der Waals surface area contributed by atoms with Crippen LogP contribution in [-0.4, -0.2) is 22.9 Å². The van der Waals surface area contributed by atoms with Gasteiger partial charge in [-0.2, -0.15) is 0 Å². The third-order valence-corrected chi connectivity index (χ3v) is 1.92. The third-order valence-electron chi connectivity index (χ3n) is 1.92. The minimum Gasteiger partial charge on any atom is -0.264 e. The lowest BCUT2D eigenvalue weighted by atomic mass is 10.2. The second-order valence-electron chi connectivity index (χ2n) is 3.16. The molecule has 1 aliphatic heterocycles. The van der Waals surface area contributed by atoms with E-state index in [-0.39, 0.29) is 10.8 Å². The van der Waals surface area contributed by atoms with Gasteiger partial charge in [0.2, 0.25) is 0 Å². The largest absolute Gasteiger partial charge is 0.328 e. The molecule has 98 valence electrons. The number of hydrogen-bond acceptors (Lipinski definition) is 5. The molecule has 2 radical (unpaired) electrons. The Labute approximate surface area is 106 Å². The van der Waals surface area contributed by atoms with E-state index >= 15 is 0 Å². The monoisotopic (exact) mass is 265 g/mol. The van der Waals surface area contributed by atoms with Crippen molar-refractivity contribution >= 4 is 17.7 Å². The van der Waals surface area contributed by atoms with Crippen LogP contribution in [0.3, 0.4) is 0 Å². The number of benzene rings is 1. The summed E-state index contributed by atoms with van der Waals surface area (Å²) in [7, 11) is 0. The Morgan fingerprint density at radius 2 is 1.53 bits per heavy atom. The van der Waals surface area contributed by atoms with Gasteiger partial charge in [-0.05, 0) is 17.4 Å². The van der Waals surface area contributed by atoms with E-state index in [9.17, 15) is 14.4 Å². The summed E-state index contributed by atoms with van der Waals surface area (Å²) in [6.45, 7) is 0. The number of hydrogen-bond donors (Lipinski definition) is 2. The molecule has 1 aromatic rings. The van der Waals surface area contributed by atoms with Gasteiger partial charge in [-0.15, -0.1) is 9.88 Å². The van der Waals surface area contributed by atoms with Crippen LogP contribution in [0.25, 0.3) is 0 Å². The average molecular weight is 265 g/mol. The number of carbonyl (C=O) groups excluding carboxylic acids is 3. The summed E-state index contributed by atoms with van der Waals surface area (Å²) in [6, 6.07) is 7.96. The van der Waals surface area contributed by atoms with E-state index in [0.29, 0.717) is 0 Å². The van der Waals surface area contributed by atoms with E-state index in [0.717, 1.165) is 0 Å². The van der Waals surface area contributed by atoms with E-state index in [1.165, 1.54) is 12.1 Å². The summed E-state index contributed by atoms with van der Waals surface area (Å²) in [5, 5.41) is 0.279. The topological polar surface area (TPSA) is 125 Å². The SMILES string of the molecule is O=C1N[N]ON(C(=O)c2ccccc2)O[N]NC1=O. The van der Waals surface area contributed by atoms with Crippen molar-refractivity contribution in [2.45, 2.75) is 0 Å². The molecule has 0 bridgehead atoms. The Hall–Kier alpha value is -2.53. The highest BCUT2D eigenvalue weighted by atomic mass is 17.1. The molecular weight excluding hydrogens is 258 g/mol. The predicted molar refractivity (Wildman–Crippen MR) is 55.3 cm³/mol. The Bertz CT molecular complexity index is 473. The van der Waals surface area contributed by atoms with Crippen LogP contribution in [0.2, 0.25) is 0 Å². The Balaban J connectivity index is 2.05. The zero-order chi connectivity index (χ0) is 13.7. The van der Waals surface area contributed by atoms with Crippen LogP contribution in [0.4, 0.5) is 0 Å². The molecule has 0 spiro atoms. The third kappa shape index (κ3) is 3.23. The normalized spacial score (nSPS) is 16.7. The Kier molecular flexibility index (Phi) is 4.00. The molecule has 1 fully saturated rings. The first-order valence-corrected chi connectivity index (χ1v) is 4.92. The molecule has 1 aromatic carbocycles. The van der Waals surface area contributed by atoms with Gasteiger partial charge in [0.1, 0.15) is 0 Å². The summed E-state index contributed by atoms with van der Waals surface area (Å²) in [5.74, 6) is -2.98. The highest BCUT2D eigenvalue weighted by Gasteiger charge is 2.24. The standard InChI is InChI=1S/C9H7N5O5/c15-7-8(16)11-13-19-14(18-12-10-7)9(17)6-4-2-1-3-5-6/h1-5H,(H,10,15)(H,11,16). The molecule has 0 aromatic heterocycles. The average Bonchev–Trinajstić information content (AvgIpc) is 2.52. The van der Waals surface area contributed by atoms with Crippen LogP contribution in [0.15, 0.2) is 30.3 Å². The highest BCUT2D eigenvalue weighted by molar-refractivity contribution is 6.34. The number of nitrogens with one attached hydrogen (secondary N) is 2. The molecule has 0 saturated carbocycles. The second kappa shape index (κ2) is 5.88. The maximum Gasteiger partial charge on any atom is 0.328 e. The first-order valence-electron chi connectivity index (χ1n) is 4.92. The molecule has 2 N–H and O–H groups in total. The number of hydroxylamine groups is 2. The lowest BCUT2D eigenvalue weighted by Crippen LogP contribution is -2.43. The molecule has 1 aliphatic rings. The van der Waals surface area contributed by atoms with Crippen molar-refractivity contribution in [3.8, 4) is 0 Å². The molecule has 0 aliphatic carbocycles. The Morgan fingerprint density at radius 1 is 1.00 bits per heavy atom. The van der Waals surface area contributed by atoms with Crippen molar-refractivity contribution in [1.29, 1.82) is 0 Å². The summed E-state index contributed by atoms with van der Waals surface area (Å²) in [6.07, 6.45) is 0. The van der Waals surface area contributed by atoms with Crippen LogP contribution >= 0.6 is 0 Å². The summed E-state index contributed by atoms with van der Waals surface area (Å²) in [5.41, 5.74) is 9.70. The van der Waals surface area contributed by atoms with E-state index in [1.54, 1.807) is 29.1 Å². The molecule has 10 nitrogen and oxygen atoms in total. The van der Waals surface area contributed by atoms with Gasteiger partial charge in [0.15, 0.2) is 0 Å². The van der Waals surface area contributed by atoms with Gasteiger partial charge in [0.05, 0.1) is 11.2 Å². The molecule has 19 heavy (non-hydrogen) atoms. The van der Waals surface area contributed by atoms with E-state index in [1.807, 2.05) is 0 Å². The Morgan fingerprint density at radius 3 is 2.05 bits per heavy atom. The van der Waals surface area contributed by atoms with Crippen LogP contribution in [0, 0.1) is 0 Å². The van der Waals surface area contributed by atoms with Gasteiger partial charge < -0.3 is 0 Å². The zero-order valence-electron chi connectivity index (χ0n) is 9.27. The quantitative estimate of drug-likeness (QED) is 0.574. The van der Waals surface area contributed by atoms with Crippen LogP contribution in [0.5, 0.6) is 0 Å². The molecule has 1 heterocycles. The van der Waals surface area contributed by atoms with Crippen molar-refractivity contribution in [3.63, 3.8) is 0 Å². The molecule has 1 saturated heterocycles. The predicted octanol–water partition coefficient (Wildman–Crippen LogP) is -1.89. The first-order chi connectivity index (χ1) is 9.18. The van der Waals surface area contributed by atoms with Crippen molar-refractivity contribution in [1.82, 2.24) is 27.3 Å². The number of rotatable bonds is 1. The maximum atomic E-state index is 11.9. The maximum absolute atomic E-state index is 11.9. The van der Waals surface area contributed by atoms with E-state index in [4.69, 9.17) is 0 Å². The number of nitrogens with zero attached hydrogens (tertiary/aromatic N) is 3. The van der Waals surface area contributed by atoms with Crippen molar-refractivity contribution < 1.29 is 24.3 Å². The number of carbonyl (C=O) groups is 3. The smallest absolute Gasteiger partial charge is 0.264 e. The van der Waals surface area contributed by atoms with Crippen LogP contribution in [0.1, 0.15) is 10.4 Å². The van der Waals surface area contributed by atoms with Gasteiger partial charge in [-0.3, -0.25) is 14.4 Å². The van der Waals surface area contributed by atoms with Crippen LogP contribution in [-0.2, 0) is 19.5 Å². The fourth-order valence-electron chi connectivity index (χ4n) is 1.07. The second-order valence-corrected chi connectivity index (χ2v) is 3.16. The van der Waals surface area contributed by atoms with Gasteiger partial charge in [0, 0.05) is 5.56 Å². The molecule has 2 rings (SSSR count). The summed E-state index contributed by atoms with van der Waals surface area (Å²) < 4.78 is 0. The van der Waals surface area contributed by atoms with E-state index in [2.05, 4.69) is 21.1 Å². The molecule has 3 amide bonds. The minimum absolute atomic E-state index is 0.227. The lowest BCUT2D eigenvalue weighted by Gasteiger charge is -2.15. The zero-order valence-corrected chi connectivity index (χ0v) is 9.27.